The Morgan fingerprint density at radius 2 is 2.11 bits per heavy atom. The van der Waals surface area contributed by atoms with Gasteiger partial charge in [-0.25, -0.2) is 0 Å². The molecule has 100 valence electrons. The van der Waals surface area contributed by atoms with Crippen molar-refractivity contribution in [2.45, 2.75) is 12.8 Å². The predicted octanol–water partition coefficient (Wildman–Crippen LogP) is 2.26. The Morgan fingerprint density at radius 3 is 2.95 bits per heavy atom. The van der Waals surface area contributed by atoms with E-state index in [1.807, 2.05) is 18.2 Å². The topological polar surface area (TPSA) is 45.5 Å². The molecule has 1 aromatic carbocycles. The molecule has 4 heteroatoms. The molecule has 4 nitrogen and oxygen atoms in total. The molecule has 0 unspecified atom stereocenters. The monoisotopic (exact) mass is 258 g/mol. The first-order valence-electron chi connectivity index (χ1n) is 6.81. The summed E-state index contributed by atoms with van der Waals surface area (Å²) in [5.74, 6) is -0.0301. The van der Waals surface area contributed by atoms with Crippen LogP contribution in [-0.4, -0.2) is 37.0 Å². The largest absolute Gasteiger partial charge is 0.464 e. The predicted molar refractivity (Wildman–Crippen MR) is 74.2 cm³/mol. The minimum absolute atomic E-state index is 0.0301. The van der Waals surface area contributed by atoms with Crippen molar-refractivity contribution >= 4 is 16.9 Å². The van der Waals surface area contributed by atoms with Gasteiger partial charge in [-0.05, 0) is 44.1 Å². The minimum Gasteiger partial charge on any atom is -0.464 e. The van der Waals surface area contributed by atoms with Gasteiger partial charge < -0.3 is 14.6 Å². The summed E-state index contributed by atoms with van der Waals surface area (Å²) in [6, 6.07) is 7.43. The summed E-state index contributed by atoms with van der Waals surface area (Å²) in [6.07, 6.45) is 4.20. The van der Waals surface area contributed by atoms with Crippen LogP contribution in [0, 0.1) is 0 Å². The van der Waals surface area contributed by atoms with Gasteiger partial charge in [0.15, 0.2) is 0 Å². The van der Waals surface area contributed by atoms with Gasteiger partial charge in [0.05, 0.1) is 6.26 Å². The first-order chi connectivity index (χ1) is 9.33. The van der Waals surface area contributed by atoms with E-state index in [-0.39, 0.29) is 5.91 Å². The van der Waals surface area contributed by atoms with E-state index in [4.69, 9.17) is 4.42 Å². The molecule has 0 aliphatic carbocycles. The maximum absolute atomic E-state index is 12.0. The molecule has 1 N–H and O–H groups in total. The van der Waals surface area contributed by atoms with Gasteiger partial charge in [-0.3, -0.25) is 4.79 Å². The molecule has 0 atom stereocenters. The lowest BCUT2D eigenvalue weighted by Crippen LogP contribution is -2.33. The summed E-state index contributed by atoms with van der Waals surface area (Å²) in [4.78, 5) is 14.4. The molecule has 1 aliphatic rings. The lowest BCUT2D eigenvalue weighted by atomic mass is 10.1. The zero-order valence-electron chi connectivity index (χ0n) is 10.9. The summed E-state index contributed by atoms with van der Waals surface area (Å²) >= 11 is 0. The Morgan fingerprint density at radius 1 is 1.26 bits per heavy atom. The van der Waals surface area contributed by atoms with Crippen LogP contribution < -0.4 is 5.32 Å². The molecule has 3 rings (SSSR count). The number of carbonyl (C=O) groups excluding carboxylic acids is 1. The quantitative estimate of drug-likeness (QED) is 0.915. The number of hydrogen-bond acceptors (Lipinski definition) is 3. The van der Waals surface area contributed by atoms with E-state index in [0.717, 1.165) is 30.6 Å². The number of nitrogens with zero attached hydrogens (tertiary/aromatic N) is 1. The third-order valence-electron chi connectivity index (χ3n) is 3.63. The zero-order valence-corrected chi connectivity index (χ0v) is 10.9. The lowest BCUT2D eigenvalue weighted by molar-refractivity contribution is 0.0950. The second-order valence-electron chi connectivity index (χ2n) is 4.98. The van der Waals surface area contributed by atoms with Crippen molar-refractivity contribution in [2.75, 3.05) is 26.2 Å². The van der Waals surface area contributed by atoms with Crippen LogP contribution in [-0.2, 0) is 0 Å². The van der Waals surface area contributed by atoms with Crippen LogP contribution in [0.2, 0.25) is 0 Å². The Hall–Kier alpha value is -1.81. The van der Waals surface area contributed by atoms with Crippen LogP contribution in [0.5, 0.6) is 0 Å². The lowest BCUT2D eigenvalue weighted by Gasteiger charge is -2.14. The van der Waals surface area contributed by atoms with Crippen LogP contribution in [0.3, 0.4) is 0 Å². The summed E-state index contributed by atoms with van der Waals surface area (Å²) in [5.41, 5.74) is 1.41. The van der Waals surface area contributed by atoms with E-state index >= 15 is 0 Å². The second kappa shape index (κ2) is 5.45. The number of likely N-dealkylation sites (tertiary alicyclic amines) is 1. The fourth-order valence-corrected chi connectivity index (χ4v) is 2.53. The SMILES string of the molecule is O=C(NCCN1CCCC1)c1ccc2ccoc2c1. The summed E-state index contributed by atoms with van der Waals surface area (Å²) in [6.45, 7) is 3.96. The van der Waals surface area contributed by atoms with Crippen LogP contribution in [0.25, 0.3) is 11.0 Å². The van der Waals surface area contributed by atoms with Crippen LogP contribution in [0.4, 0.5) is 0 Å². The Labute approximate surface area is 112 Å². The first kappa shape index (κ1) is 12.2. The van der Waals surface area contributed by atoms with Crippen molar-refractivity contribution in [3.05, 3.63) is 36.1 Å². The van der Waals surface area contributed by atoms with Crippen LogP contribution >= 0.6 is 0 Å². The normalized spacial score (nSPS) is 16.0. The van der Waals surface area contributed by atoms with Gasteiger partial charge in [0.25, 0.3) is 5.91 Å². The molecule has 19 heavy (non-hydrogen) atoms. The molecule has 1 aromatic heterocycles. The molecule has 1 amide bonds. The van der Waals surface area contributed by atoms with Gasteiger partial charge in [0.1, 0.15) is 5.58 Å². The number of rotatable bonds is 4. The Balaban J connectivity index is 1.56. The second-order valence-corrected chi connectivity index (χ2v) is 4.98. The number of furan rings is 1. The van der Waals surface area contributed by atoms with E-state index in [1.165, 1.54) is 12.8 Å². The number of fused-ring (bicyclic) bond motifs is 1. The molecule has 0 saturated carbocycles. The number of nitrogens with one attached hydrogen (secondary N) is 1. The third kappa shape index (κ3) is 2.79. The first-order valence-corrected chi connectivity index (χ1v) is 6.81. The van der Waals surface area contributed by atoms with Crippen LogP contribution in [0.15, 0.2) is 34.9 Å². The van der Waals surface area contributed by atoms with E-state index in [0.29, 0.717) is 12.1 Å². The molecule has 0 radical (unpaired) electrons. The van der Waals surface area contributed by atoms with Crippen molar-refractivity contribution in [3.63, 3.8) is 0 Å². The average Bonchev–Trinajstić information content (AvgIpc) is 3.08. The molecule has 1 saturated heterocycles. The summed E-state index contributed by atoms with van der Waals surface area (Å²) in [7, 11) is 0. The van der Waals surface area contributed by atoms with Gasteiger partial charge in [0, 0.05) is 24.0 Å². The van der Waals surface area contributed by atoms with Gasteiger partial charge in [-0.1, -0.05) is 6.07 Å². The van der Waals surface area contributed by atoms with Crippen molar-refractivity contribution in [1.82, 2.24) is 10.2 Å². The minimum atomic E-state index is -0.0301. The zero-order chi connectivity index (χ0) is 13.1. The Bertz CT molecular complexity index is 570. The molecular formula is C15H18N2O2. The fourth-order valence-electron chi connectivity index (χ4n) is 2.53. The van der Waals surface area contributed by atoms with E-state index < -0.39 is 0 Å². The molecule has 1 aliphatic heterocycles. The fraction of sp³-hybridized carbons (Fsp3) is 0.400. The van der Waals surface area contributed by atoms with Crippen molar-refractivity contribution in [1.29, 1.82) is 0 Å². The average molecular weight is 258 g/mol. The molecule has 0 bridgehead atoms. The highest BCUT2D eigenvalue weighted by atomic mass is 16.3. The smallest absolute Gasteiger partial charge is 0.251 e. The Kier molecular flexibility index (Phi) is 3.51. The third-order valence-corrected chi connectivity index (χ3v) is 3.63. The molecular weight excluding hydrogens is 240 g/mol. The van der Waals surface area contributed by atoms with E-state index in [2.05, 4.69) is 10.2 Å². The molecule has 0 spiro atoms. The van der Waals surface area contributed by atoms with Gasteiger partial charge in [-0.15, -0.1) is 0 Å². The van der Waals surface area contributed by atoms with Crippen molar-refractivity contribution in [2.24, 2.45) is 0 Å². The van der Waals surface area contributed by atoms with E-state index in [9.17, 15) is 4.79 Å². The highest BCUT2D eigenvalue weighted by Gasteiger charge is 2.12. The van der Waals surface area contributed by atoms with Crippen molar-refractivity contribution < 1.29 is 9.21 Å². The molecule has 2 heterocycles. The van der Waals surface area contributed by atoms with Gasteiger partial charge in [0.2, 0.25) is 0 Å². The number of amides is 1. The molecule has 2 aromatic rings. The molecule has 1 fully saturated rings. The number of carbonyl (C=O) groups is 1. The number of hydrogen-bond donors (Lipinski definition) is 1. The van der Waals surface area contributed by atoms with Crippen LogP contribution in [0.1, 0.15) is 23.2 Å². The van der Waals surface area contributed by atoms with Crippen molar-refractivity contribution in [3.8, 4) is 0 Å². The number of benzene rings is 1. The summed E-state index contributed by atoms with van der Waals surface area (Å²) < 4.78 is 5.31. The highest BCUT2D eigenvalue weighted by Crippen LogP contribution is 2.16. The maximum atomic E-state index is 12.0. The highest BCUT2D eigenvalue weighted by molar-refractivity contribution is 5.97. The van der Waals surface area contributed by atoms with Gasteiger partial charge in [-0.2, -0.15) is 0 Å². The van der Waals surface area contributed by atoms with E-state index in [1.54, 1.807) is 12.3 Å². The standard InChI is InChI=1S/C15H18N2O2/c18-15(16-6-9-17-7-1-2-8-17)13-4-3-12-5-10-19-14(12)11-13/h3-5,10-11H,1-2,6-9H2,(H,16,18). The summed E-state index contributed by atoms with van der Waals surface area (Å²) in [5, 5.41) is 3.98. The van der Waals surface area contributed by atoms with Gasteiger partial charge >= 0.3 is 0 Å². The maximum Gasteiger partial charge on any atom is 0.251 e.